The minimum absolute atomic E-state index is 0.0656. The van der Waals surface area contributed by atoms with Crippen LogP contribution in [0, 0.1) is 12.3 Å². The molecule has 3 nitrogen and oxygen atoms in total. The van der Waals surface area contributed by atoms with E-state index in [1.165, 1.54) is 0 Å². The molecule has 3 atom stereocenters. The Hall–Kier alpha value is -3.68. The summed E-state index contributed by atoms with van der Waals surface area (Å²) in [4.78, 5) is 0. The Labute approximate surface area is 220 Å². The second-order valence-corrected chi connectivity index (χ2v) is 9.36. The van der Waals surface area contributed by atoms with Gasteiger partial charge in [-0.15, -0.1) is 6.42 Å². The molecule has 0 amide bonds. The molecule has 0 aromatic heterocycles. The summed E-state index contributed by atoms with van der Waals surface area (Å²) in [5, 5.41) is 0. The average Bonchev–Trinajstić information content (AvgIpc) is 2.98. The van der Waals surface area contributed by atoms with Crippen LogP contribution >= 0.6 is 0 Å². The Morgan fingerprint density at radius 1 is 0.703 bits per heavy atom. The molecule has 1 aliphatic rings. The Morgan fingerprint density at radius 3 is 1.68 bits per heavy atom. The fourth-order valence-corrected chi connectivity index (χ4v) is 5.09. The van der Waals surface area contributed by atoms with E-state index in [2.05, 4.69) is 90.8 Å². The van der Waals surface area contributed by atoms with Crippen LogP contribution in [0.2, 0.25) is 0 Å². The van der Waals surface area contributed by atoms with Gasteiger partial charge in [-0.3, -0.25) is 0 Å². The molecule has 4 aromatic rings. The van der Waals surface area contributed by atoms with Crippen molar-refractivity contribution >= 4 is 0 Å². The fraction of sp³-hybridized carbons (Fsp3) is 0.235. The number of ether oxygens (including phenoxy) is 3. The first-order valence-corrected chi connectivity index (χ1v) is 12.9. The molecular formula is C34H32O3. The van der Waals surface area contributed by atoms with E-state index < -0.39 is 11.7 Å². The second kappa shape index (κ2) is 12.0. The van der Waals surface area contributed by atoms with Gasteiger partial charge in [0.15, 0.2) is 0 Å². The predicted octanol–water partition coefficient (Wildman–Crippen LogP) is 6.76. The summed E-state index contributed by atoms with van der Waals surface area (Å²) in [6.07, 6.45) is 6.78. The minimum Gasteiger partial charge on any atom is -0.374 e. The van der Waals surface area contributed by atoms with E-state index in [0.29, 0.717) is 13.2 Å². The van der Waals surface area contributed by atoms with Gasteiger partial charge in [-0.25, -0.2) is 0 Å². The standard InChI is InChI=1S/C34H32O3/c1-2-32-33(24-23-31(36-32)26-35-25-27-15-7-3-8-16-27)37-34(28-17-9-4-10-18-28,29-19-11-5-12-20-29)30-21-13-6-14-22-30/h1,3-22,31-33H,23-26H2/t31-,32+,33+/m1/s1. The van der Waals surface area contributed by atoms with Gasteiger partial charge in [-0.05, 0) is 35.1 Å². The Bertz CT molecular complexity index is 1170. The Morgan fingerprint density at radius 2 is 1.19 bits per heavy atom. The minimum atomic E-state index is -0.830. The topological polar surface area (TPSA) is 27.7 Å². The van der Waals surface area contributed by atoms with Gasteiger partial charge in [0.1, 0.15) is 11.7 Å². The molecule has 0 saturated carbocycles. The summed E-state index contributed by atoms with van der Waals surface area (Å²) in [7, 11) is 0. The third-order valence-corrected chi connectivity index (χ3v) is 6.90. The van der Waals surface area contributed by atoms with Gasteiger partial charge in [0, 0.05) is 0 Å². The summed E-state index contributed by atoms with van der Waals surface area (Å²) < 4.78 is 19.5. The first-order chi connectivity index (χ1) is 18.3. The molecule has 0 bridgehead atoms. The summed E-state index contributed by atoms with van der Waals surface area (Å²) in [6.45, 7) is 1.06. The van der Waals surface area contributed by atoms with Gasteiger partial charge < -0.3 is 14.2 Å². The molecule has 1 fully saturated rings. The molecule has 1 aliphatic heterocycles. The maximum atomic E-state index is 7.15. The lowest BCUT2D eigenvalue weighted by atomic mass is 9.79. The summed E-state index contributed by atoms with van der Waals surface area (Å²) in [5.41, 5.74) is 3.47. The third-order valence-electron chi connectivity index (χ3n) is 6.90. The zero-order valence-corrected chi connectivity index (χ0v) is 20.9. The highest BCUT2D eigenvalue weighted by molar-refractivity contribution is 5.47. The van der Waals surface area contributed by atoms with Crippen molar-refractivity contribution in [3.05, 3.63) is 144 Å². The average molecular weight is 489 g/mol. The molecule has 1 heterocycles. The van der Waals surface area contributed by atoms with E-state index >= 15 is 0 Å². The van der Waals surface area contributed by atoms with Crippen molar-refractivity contribution in [3.63, 3.8) is 0 Å². The van der Waals surface area contributed by atoms with E-state index in [0.717, 1.165) is 35.1 Å². The first kappa shape index (κ1) is 25.0. The molecule has 1 saturated heterocycles. The zero-order valence-electron chi connectivity index (χ0n) is 20.9. The van der Waals surface area contributed by atoms with Gasteiger partial charge in [-0.1, -0.05) is 127 Å². The number of hydrogen-bond donors (Lipinski definition) is 0. The number of hydrogen-bond acceptors (Lipinski definition) is 3. The van der Waals surface area contributed by atoms with E-state index in [-0.39, 0.29) is 12.2 Å². The molecule has 0 N–H and O–H groups in total. The molecule has 3 heteroatoms. The fourth-order valence-electron chi connectivity index (χ4n) is 5.09. The highest BCUT2D eigenvalue weighted by Gasteiger charge is 2.43. The van der Waals surface area contributed by atoms with Crippen LogP contribution in [0.3, 0.4) is 0 Å². The van der Waals surface area contributed by atoms with Gasteiger partial charge in [-0.2, -0.15) is 0 Å². The van der Waals surface area contributed by atoms with Gasteiger partial charge >= 0.3 is 0 Å². The molecule has 186 valence electrons. The molecule has 5 rings (SSSR count). The van der Waals surface area contributed by atoms with Crippen molar-refractivity contribution in [1.82, 2.24) is 0 Å². The van der Waals surface area contributed by atoms with Crippen LogP contribution in [0.1, 0.15) is 35.1 Å². The van der Waals surface area contributed by atoms with Gasteiger partial charge in [0.2, 0.25) is 0 Å². The smallest absolute Gasteiger partial charge is 0.144 e. The molecule has 0 unspecified atom stereocenters. The summed E-state index contributed by atoms with van der Waals surface area (Å²) >= 11 is 0. The lowest BCUT2D eigenvalue weighted by Gasteiger charge is -2.42. The second-order valence-electron chi connectivity index (χ2n) is 9.36. The van der Waals surface area contributed by atoms with E-state index in [1.54, 1.807) is 0 Å². The van der Waals surface area contributed by atoms with Crippen LogP contribution in [0.5, 0.6) is 0 Å². The predicted molar refractivity (Wildman–Crippen MR) is 147 cm³/mol. The SMILES string of the molecule is C#C[C@@H]1O[C@@H](COCc2ccccc2)CC[C@@H]1OC(c1ccccc1)(c1ccccc1)c1ccccc1. The highest BCUT2D eigenvalue weighted by Crippen LogP contribution is 2.43. The van der Waals surface area contributed by atoms with Crippen LogP contribution < -0.4 is 0 Å². The third kappa shape index (κ3) is 5.68. The Balaban J connectivity index is 1.40. The maximum absolute atomic E-state index is 7.15. The number of rotatable bonds is 9. The van der Waals surface area contributed by atoms with Crippen molar-refractivity contribution < 1.29 is 14.2 Å². The molecule has 0 spiro atoms. The molecular weight excluding hydrogens is 456 g/mol. The number of terminal acetylenes is 1. The van der Waals surface area contributed by atoms with Crippen LogP contribution in [0.4, 0.5) is 0 Å². The Kier molecular flexibility index (Phi) is 8.13. The maximum Gasteiger partial charge on any atom is 0.144 e. The number of benzene rings is 4. The van der Waals surface area contributed by atoms with E-state index in [1.807, 2.05) is 36.4 Å². The summed E-state index contributed by atoms with van der Waals surface area (Å²) in [6, 6.07) is 41.3. The quantitative estimate of drug-likeness (QED) is 0.192. The summed E-state index contributed by atoms with van der Waals surface area (Å²) in [5.74, 6) is 2.87. The van der Waals surface area contributed by atoms with Crippen molar-refractivity contribution in [2.24, 2.45) is 0 Å². The zero-order chi connectivity index (χ0) is 25.3. The highest BCUT2D eigenvalue weighted by atomic mass is 16.6. The van der Waals surface area contributed by atoms with Gasteiger partial charge in [0.25, 0.3) is 0 Å². The van der Waals surface area contributed by atoms with Crippen molar-refractivity contribution in [3.8, 4) is 12.3 Å². The van der Waals surface area contributed by atoms with Gasteiger partial charge in [0.05, 0.1) is 25.4 Å². The van der Waals surface area contributed by atoms with E-state index in [4.69, 9.17) is 20.6 Å². The largest absolute Gasteiger partial charge is 0.374 e. The molecule has 0 aliphatic carbocycles. The van der Waals surface area contributed by atoms with Crippen molar-refractivity contribution in [2.75, 3.05) is 6.61 Å². The van der Waals surface area contributed by atoms with Crippen molar-refractivity contribution in [2.45, 2.75) is 43.4 Å². The van der Waals surface area contributed by atoms with Crippen LogP contribution in [0.25, 0.3) is 0 Å². The monoisotopic (exact) mass is 488 g/mol. The molecule has 37 heavy (non-hydrogen) atoms. The lowest BCUT2D eigenvalue weighted by molar-refractivity contribution is -0.164. The van der Waals surface area contributed by atoms with Crippen LogP contribution in [0.15, 0.2) is 121 Å². The first-order valence-electron chi connectivity index (χ1n) is 12.9. The van der Waals surface area contributed by atoms with Crippen LogP contribution in [-0.2, 0) is 26.4 Å². The lowest BCUT2D eigenvalue weighted by Crippen LogP contribution is -2.46. The normalized spacial score (nSPS) is 19.7. The molecule has 4 aromatic carbocycles. The van der Waals surface area contributed by atoms with Crippen LogP contribution in [-0.4, -0.2) is 24.9 Å². The van der Waals surface area contributed by atoms with Crippen molar-refractivity contribution in [1.29, 1.82) is 0 Å². The molecule has 0 radical (unpaired) electrons. The van der Waals surface area contributed by atoms with E-state index in [9.17, 15) is 0 Å².